The maximum Gasteiger partial charge on any atom is 0.148 e. The zero-order valence-electron chi connectivity index (χ0n) is 8.29. The van der Waals surface area contributed by atoms with Crippen LogP contribution in [-0.4, -0.2) is 18.0 Å². The molecule has 0 aromatic heterocycles. The third-order valence-corrected chi connectivity index (χ3v) is 3.63. The molecule has 2 saturated carbocycles. The molecule has 0 radical (unpaired) electrons. The zero-order chi connectivity index (χ0) is 9.31. The lowest BCUT2D eigenvalue weighted by Gasteiger charge is -2.29. The Labute approximate surface area is 79.7 Å². The molecule has 0 heterocycles. The molecule has 2 aliphatic rings. The van der Waals surface area contributed by atoms with Gasteiger partial charge in [0.25, 0.3) is 0 Å². The molecule has 2 bridgehead atoms. The van der Waals surface area contributed by atoms with Crippen molar-refractivity contribution in [3.8, 4) is 0 Å². The molecule has 13 heavy (non-hydrogen) atoms. The first-order valence-corrected chi connectivity index (χ1v) is 5.41. The van der Waals surface area contributed by atoms with Gasteiger partial charge >= 0.3 is 0 Å². The van der Waals surface area contributed by atoms with Gasteiger partial charge < -0.3 is 9.53 Å². The van der Waals surface area contributed by atoms with Crippen molar-refractivity contribution >= 4 is 6.29 Å². The van der Waals surface area contributed by atoms with Crippen LogP contribution in [0.15, 0.2) is 0 Å². The molecule has 2 aliphatic carbocycles. The summed E-state index contributed by atoms with van der Waals surface area (Å²) in [7, 11) is 0. The minimum Gasteiger partial charge on any atom is -0.364 e. The highest BCUT2D eigenvalue weighted by Gasteiger charge is 2.46. The van der Waals surface area contributed by atoms with Gasteiger partial charge in [0.15, 0.2) is 0 Å². The first kappa shape index (κ1) is 9.20. The largest absolute Gasteiger partial charge is 0.364 e. The van der Waals surface area contributed by atoms with Crippen molar-refractivity contribution in [1.82, 2.24) is 0 Å². The summed E-state index contributed by atoms with van der Waals surface area (Å²) >= 11 is 0. The van der Waals surface area contributed by atoms with Crippen LogP contribution >= 0.6 is 0 Å². The van der Waals surface area contributed by atoms with Gasteiger partial charge in [-0.2, -0.15) is 0 Å². The second-order valence-corrected chi connectivity index (χ2v) is 4.53. The van der Waals surface area contributed by atoms with Crippen molar-refractivity contribution in [2.45, 2.75) is 57.2 Å². The van der Waals surface area contributed by atoms with Gasteiger partial charge in [-0.3, -0.25) is 0 Å². The van der Waals surface area contributed by atoms with Crippen LogP contribution in [0.2, 0.25) is 0 Å². The van der Waals surface area contributed by atoms with E-state index in [0.29, 0.717) is 0 Å². The number of fused-ring (bicyclic) bond motifs is 2. The van der Waals surface area contributed by atoms with Gasteiger partial charge in [-0.15, -0.1) is 0 Å². The van der Waals surface area contributed by atoms with E-state index in [-0.39, 0.29) is 11.7 Å². The summed E-state index contributed by atoms with van der Waals surface area (Å²) in [5.41, 5.74) is 0.103. The molecule has 0 aromatic rings. The molecule has 2 nitrogen and oxygen atoms in total. The van der Waals surface area contributed by atoms with Crippen LogP contribution in [0.4, 0.5) is 0 Å². The second-order valence-electron chi connectivity index (χ2n) is 4.53. The Hall–Kier alpha value is -0.370. The van der Waals surface area contributed by atoms with Crippen LogP contribution in [0.3, 0.4) is 0 Å². The van der Waals surface area contributed by atoms with Gasteiger partial charge in [-0.25, -0.2) is 0 Å². The van der Waals surface area contributed by atoms with Crippen molar-refractivity contribution in [2.24, 2.45) is 5.92 Å². The third kappa shape index (κ3) is 1.64. The molecule has 2 heteroatoms. The SMILES string of the molecule is CCC(C=O)OC12CCC(CC1)C2. The molecule has 0 amide bonds. The van der Waals surface area contributed by atoms with Gasteiger partial charge in [-0.1, -0.05) is 6.92 Å². The minimum atomic E-state index is -0.156. The number of rotatable bonds is 4. The minimum absolute atomic E-state index is 0.103. The molecule has 1 atom stereocenters. The number of hydrogen-bond donors (Lipinski definition) is 0. The van der Waals surface area contributed by atoms with E-state index in [1.165, 1.54) is 32.1 Å². The van der Waals surface area contributed by atoms with Gasteiger partial charge in [0.2, 0.25) is 0 Å². The molecule has 1 unspecified atom stereocenters. The predicted molar refractivity (Wildman–Crippen MR) is 50.5 cm³/mol. The lowest BCUT2D eigenvalue weighted by Crippen LogP contribution is -2.32. The van der Waals surface area contributed by atoms with Crippen LogP contribution in [0.25, 0.3) is 0 Å². The third-order valence-electron chi connectivity index (χ3n) is 3.63. The number of aldehydes is 1. The number of hydrogen-bond acceptors (Lipinski definition) is 2. The molecule has 74 valence electrons. The van der Waals surface area contributed by atoms with Gasteiger partial charge in [0.1, 0.15) is 12.4 Å². The molecule has 0 aromatic carbocycles. The Morgan fingerprint density at radius 1 is 1.54 bits per heavy atom. The first-order valence-electron chi connectivity index (χ1n) is 5.41. The van der Waals surface area contributed by atoms with E-state index < -0.39 is 0 Å². The number of ether oxygens (including phenoxy) is 1. The molecule has 0 N–H and O–H groups in total. The number of carbonyl (C=O) groups is 1. The summed E-state index contributed by atoms with van der Waals surface area (Å²) in [6, 6.07) is 0. The van der Waals surface area contributed by atoms with E-state index in [9.17, 15) is 4.79 Å². The molecule has 2 rings (SSSR count). The first-order chi connectivity index (χ1) is 6.28. The highest BCUT2D eigenvalue weighted by Crippen LogP contribution is 2.50. The highest BCUT2D eigenvalue weighted by molar-refractivity contribution is 5.55. The van der Waals surface area contributed by atoms with Crippen molar-refractivity contribution < 1.29 is 9.53 Å². The Bertz CT molecular complexity index is 192. The van der Waals surface area contributed by atoms with E-state index in [0.717, 1.165) is 18.6 Å². The van der Waals surface area contributed by atoms with E-state index in [1.54, 1.807) is 0 Å². The van der Waals surface area contributed by atoms with Crippen molar-refractivity contribution in [2.75, 3.05) is 0 Å². The summed E-state index contributed by atoms with van der Waals surface area (Å²) in [5.74, 6) is 0.893. The fourth-order valence-corrected chi connectivity index (χ4v) is 2.83. The monoisotopic (exact) mass is 182 g/mol. The Morgan fingerprint density at radius 2 is 2.23 bits per heavy atom. The fraction of sp³-hybridized carbons (Fsp3) is 0.909. The smallest absolute Gasteiger partial charge is 0.148 e. The predicted octanol–water partition coefficient (Wildman–Crippen LogP) is 2.31. The van der Waals surface area contributed by atoms with Crippen molar-refractivity contribution in [3.05, 3.63) is 0 Å². The van der Waals surface area contributed by atoms with Crippen LogP contribution < -0.4 is 0 Å². The van der Waals surface area contributed by atoms with Gasteiger partial charge in [0.05, 0.1) is 5.60 Å². The molecule has 0 aliphatic heterocycles. The van der Waals surface area contributed by atoms with Crippen molar-refractivity contribution in [3.63, 3.8) is 0 Å². The van der Waals surface area contributed by atoms with Crippen molar-refractivity contribution in [1.29, 1.82) is 0 Å². The van der Waals surface area contributed by atoms with Crippen LogP contribution in [-0.2, 0) is 9.53 Å². The van der Waals surface area contributed by atoms with Crippen LogP contribution in [0, 0.1) is 5.92 Å². The maximum absolute atomic E-state index is 10.7. The molecule has 2 fully saturated rings. The summed E-state index contributed by atoms with van der Waals surface area (Å²) < 4.78 is 5.92. The quantitative estimate of drug-likeness (QED) is 0.624. The molecule has 0 saturated heterocycles. The van der Waals surface area contributed by atoms with Gasteiger partial charge in [-0.05, 0) is 44.4 Å². The summed E-state index contributed by atoms with van der Waals surface area (Å²) in [6.45, 7) is 2.01. The Kier molecular flexibility index (Phi) is 2.41. The highest BCUT2D eigenvalue weighted by atomic mass is 16.5. The lowest BCUT2D eigenvalue weighted by molar-refractivity contribution is -0.133. The van der Waals surface area contributed by atoms with E-state index in [1.807, 2.05) is 6.92 Å². The van der Waals surface area contributed by atoms with E-state index >= 15 is 0 Å². The summed E-state index contributed by atoms with van der Waals surface area (Å²) in [5, 5.41) is 0. The average Bonchev–Trinajstić information content (AvgIpc) is 2.74. The molecular formula is C11H18O2. The summed E-state index contributed by atoms with van der Waals surface area (Å²) in [4.78, 5) is 10.7. The Balaban J connectivity index is 1.96. The summed E-state index contributed by atoms with van der Waals surface area (Å²) in [6.07, 6.45) is 7.82. The second kappa shape index (κ2) is 3.41. The normalized spacial score (nSPS) is 39.3. The van der Waals surface area contributed by atoms with Gasteiger partial charge in [0, 0.05) is 0 Å². The van der Waals surface area contributed by atoms with Crippen LogP contribution in [0.5, 0.6) is 0 Å². The zero-order valence-corrected chi connectivity index (χ0v) is 8.29. The van der Waals surface area contributed by atoms with E-state index in [4.69, 9.17) is 4.74 Å². The molecule has 0 spiro atoms. The fourth-order valence-electron chi connectivity index (χ4n) is 2.83. The topological polar surface area (TPSA) is 26.3 Å². The lowest BCUT2D eigenvalue weighted by atomic mass is 9.97. The molecular weight excluding hydrogens is 164 g/mol. The average molecular weight is 182 g/mol. The number of carbonyl (C=O) groups excluding carboxylic acids is 1. The standard InChI is InChI=1S/C11H18O2/c1-2-10(8-12)13-11-5-3-9(7-11)4-6-11/h8-10H,2-7H2,1H3. The van der Waals surface area contributed by atoms with Crippen LogP contribution in [0.1, 0.15) is 45.4 Å². The maximum atomic E-state index is 10.7. The Morgan fingerprint density at radius 3 is 2.62 bits per heavy atom. The van der Waals surface area contributed by atoms with E-state index in [2.05, 4.69) is 0 Å².